The van der Waals surface area contributed by atoms with Gasteiger partial charge in [-0.2, -0.15) is 5.10 Å². The molecule has 37 heavy (non-hydrogen) atoms. The number of para-hydroxylation sites is 3. The molecular formula is C26H21N7O3S. The monoisotopic (exact) mass is 511 g/mol. The van der Waals surface area contributed by atoms with Crippen LogP contribution in [0.15, 0.2) is 123 Å². The summed E-state index contributed by atoms with van der Waals surface area (Å²) in [4.78, 5) is 21.4. The van der Waals surface area contributed by atoms with Gasteiger partial charge in [0.2, 0.25) is 15.3 Å². The Kier molecular flexibility index (Phi) is 6.12. The van der Waals surface area contributed by atoms with Crippen LogP contribution in [0.3, 0.4) is 0 Å². The van der Waals surface area contributed by atoms with E-state index in [9.17, 15) is 13.2 Å². The zero-order valence-corrected chi connectivity index (χ0v) is 20.2. The van der Waals surface area contributed by atoms with Gasteiger partial charge < -0.3 is 11.6 Å². The fraction of sp³-hybridized carbons (Fsp3) is 0. The van der Waals surface area contributed by atoms with Crippen LogP contribution in [-0.2, 0) is 9.84 Å². The molecule has 0 unspecified atom stereocenters. The first-order valence-electron chi connectivity index (χ1n) is 11.1. The van der Waals surface area contributed by atoms with Crippen LogP contribution in [0.1, 0.15) is 5.69 Å². The Labute approximate surface area is 211 Å². The Balaban J connectivity index is 1.59. The topological polar surface area (TPSA) is 151 Å². The van der Waals surface area contributed by atoms with Crippen LogP contribution in [0.5, 0.6) is 0 Å². The van der Waals surface area contributed by atoms with Crippen molar-refractivity contribution in [3.8, 4) is 5.69 Å². The van der Waals surface area contributed by atoms with Crippen molar-refractivity contribution in [2.75, 3.05) is 5.84 Å². The summed E-state index contributed by atoms with van der Waals surface area (Å²) >= 11 is 0. The Hall–Kier alpha value is -5.03. The van der Waals surface area contributed by atoms with Crippen LogP contribution in [0.4, 0.5) is 5.69 Å². The molecule has 0 atom stereocenters. The van der Waals surface area contributed by atoms with Crippen LogP contribution in [-0.4, -0.2) is 33.6 Å². The van der Waals surface area contributed by atoms with Crippen molar-refractivity contribution >= 4 is 32.3 Å². The average molecular weight is 512 g/mol. The highest BCUT2D eigenvalue weighted by Crippen LogP contribution is 2.24. The number of aromatic nitrogens is 4. The minimum atomic E-state index is -4.07. The molecule has 5 rings (SSSR count). The molecule has 0 amide bonds. The zero-order valence-electron chi connectivity index (χ0n) is 19.3. The first-order valence-corrected chi connectivity index (χ1v) is 12.6. The largest absolute Gasteiger partial charge is 0.405 e. The molecule has 2 aromatic heterocycles. The van der Waals surface area contributed by atoms with Crippen molar-refractivity contribution < 1.29 is 8.42 Å². The number of nitrogen functional groups attached to an aromatic ring is 1. The highest BCUT2D eigenvalue weighted by Gasteiger charge is 2.25. The highest BCUT2D eigenvalue weighted by molar-refractivity contribution is 7.91. The van der Waals surface area contributed by atoms with Crippen molar-refractivity contribution in [2.24, 2.45) is 10.7 Å². The van der Waals surface area contributed by atoms with Gasteiger partial charge in [-0.25, -0.2) is 27.8 Å². The van der Waals surface area contributed by atoms with Gasteiger partial charge in [0, 0.05) is 12.3 Å². The standard InChI is InChI=1S/C26H21N7O3S/c27-15-13-22(29-18-7-2-1-3-8-18)25-24(34)14-16-32(31-25)19-9-6-10-20(17-19)37(35,36)26-30-21-11-4-5-12-23(21)33(26)28/h1-17H,27-28H2. The fourth-order valence-electron chi connectivity index (χ4n) is 3.74. The normalized spacial score (nSPS) is 12.4. The maximum atomic E-state index is 13.4. The molecule has 0 bridgehead atoms. The van der Waals surface area contributed by atoms with E-state index in [0.29, 0.717) is 22.4 Å². The molecule has 0 aliphatic heterocycles. The highest BCUT2D eigenvalue weighted by atomic mass is 32.2. The summed E-state index contributed by atoms with van der Waals surface area (Å²) in [7, 11) is -4.07. The van der Waals surface area contributed by atoms with Crippen molar-refractivity contribution in [3.63, 3.8) is 0 Å². The number of hydrogen-bond donors (Lipinski definition) is 2. The molecule has 0 aliphatic rings. The first kappa shape index (κ1) is 23.7. The zero-order chi connectivity index (χ0) is 26.0. The number of hydrogen-bond acceptors (Lipinski definition) is 8. The molecule has 184 valence electrons. The second-order valence-electron chi connectivity index (χ2n) is 7.92. The summed E-state index contributed by atoms with van der Waals surface area (Å²) in [5.74, 6) is 6.07. The molecule has 10 nitrogen and oxygen atoms in total. The van der Waals surface area contributed by atoms with E-state index in [2.05, 4.69) is 15.1 Å². The third-order valence-electron chi connectivity index (χ3n) is 5.51. The molecule has 0 radical (unpaired) electrons. The Bertz CT molecular complexity index is 1840. The number of benzene rings is 3. The van der Waals surface area contributed by atoms with Gasteiger partial charge in [-0.1, -0.05) is 36.4 Å². The van der Waals surface area contributed by atoms with E-state index in [-0.39, 0.29) is 26.9 Å². The van der Waals surface area contributed by atoms with Gasteiger partial charge in [-0.3, -0.25) is 4.79 Å². The van der Waals surface area contributed by atoms with Crippen molar-refractivity contribution in [1.82, 2.24) is 19.4 Å². The number of imidazole rings is 1. The summed E-state index contributed by atoms with van der Waals surface area (Å²) in [5.41, 5.74) is 7.50. The molecule has 3 aromatic carbocycles. The summed E-state index contributed by atoms with van der Waals surface area (Å²) < 4.78 is 29.3. The van der Waals surface area contributed by atoms with Crippen LogP contribution in [0.25, 0.3) is 16.7 Å². The van der Waals surface area contributed by atoms with Gasteiger partial charge in [-0.15, -0.1) is 0 Å². The molecule has 0 spiro atoms. The molecule has 0 saturated carbocycles. The summed E-state index contributed by atoms with van der Waals surface area (Å²) in [6, 6.07) is 23.4. The predicted octanol–water partition coefficient (Wildman–Crippen LogP) is 2.72. The third-order valence-corrected chi connectivity index (χ3v) is 7.15. The van der Waals surface area contributed by atoms with E-state index in [0.717, 1.165) is 4.68 Å². The molecule has 2 heterocycles. The van der Waals surface area contributed by atoms with E-state index in [1.54, 1.807) is 48.5 Å². The summed E-state index contributed by atoms with van der Waals surface area (Å²) in [6.07, 6.45) is 4.20. The molecule has 5 aromatic rings. The number of sulfone groups is 1. The van der Waals surface area contributed by atoms with Gasteiger partial charge in [0.1, 0.15) is 0 Å². The molecule has 4 N–H and O–H groups in total. The number of nitrogens with zero attached hydrogens (tertiary/aromatic N) is 5. The summed E-state index contributed by atoms with van der Waals surface area (Å²) in [6.45, 7) is 0. The summed E-state index contributed by atoms with van der Waals surface area (Å²) in [5, 5.41) is 4.14. The van der Waals surface area contributed by atoms with Gasteiger partial charge in [0.25, 0.3) is 5.16 Å². The Morgan fingerprint density at radius 3 is 2.46 bits per heavy atom. The number of aliphatic imine (C=N–C) groups is 1. The fourth-order valence-corrected chi connectivity index (χ4v) is 5.06. The van der Waals surface area contributed by atoms with E-state index >= 15 is 0 Å². The maximum absolute atomic E-state index is 13.4. The van der Waals surface area contributed by atoms with Crippen LogP contribution >= 0.6 is 0 Å². The first-order chi connectivity index (χ1) is 17.9. The minimum Gasteiger partial charge on any atom is -0.405 e. The molecule has 0 saturated heterocycles. The maximum Gasteiger partial charge on any atom is 0.252 e. The number of rotatable bonds is 6. The van der Waals surface area contributed by atoms with Gasteiger partial charge >= 0.3 is 0 Å². The molecule has 0 aliphatic carbocycles. The van der Waals surface area contributed by atoms with Gasteiger partial charge in [-0.05, 0) is 54.7 Å². The number of fused-ring (bicyclic) bond motifs is 1. The van der Waals surface area contributed by atoms with E-state index in [1.807, 2.05) is 18.2 Å². The second kappa shape index (κ2) is 9.55. The SMILES string of the molecule is NC=CC(=Nc1ccccc1)c1nn(-c2cccc(S(=O)(=O)c3nc4ccccc4n3N)c2)ccc1=O. The third kappa shape index (κ3) is 4.50. The average Bonchev–Trinajstić information content (AvgIpc) is 3.27. The van der Waals surface area contributed by atoms with Crippen LogP contribution < -0.4 is 17.0 Å². The molecule has 0 fully saturated rings. The number of allylic oxidation sites excluding steroid dienone is 1. The lowest BCUT2D eigenvalue weighted by Crippen LogP contribution is -2.20. The van der Waals surface area contributed by atoms with E-state index < -0.39 is 9.84 Å². The lowest BCUT2D eigenvalue weighted by atomic mass is 10.2. The van der Waals surface area contributed by atoms with Crippen molar-refractivity contribution in [1.29, 1.82) is 0 Å². The minimum absolute atomic E-state index is 0.0333. The second-order valence-corrected chi connectivity index (χ2v) is 9.76. The number of nitrogens with two attached hydrogens (primary N) is 2. The van der Waals surface area contributed by atoms with E-state index in [4.69, 9.17) is 11.6 Å². The lowest BCUT2D eigenvalue weighted by Gasteiger charge is -2.10. The molecular weight excluding hydrogens is 490 g/mol. The lowest BCUT2D eigenvalue weighted by molar-refractivity contribution is 0.583. The van der Waals surface area contributed by atoms with Crippen molar-refractivity contribution in [3.05, 3.63) is 119 Å². The van der Waals surface area contributed by atoms with Gasteiger partial charge in [0.15, 0.2) is 5.69 Å². The van der Waals surface area contributed by atoms with E-state index in [1.165, 1.54) is 41.4 Å². The van der Waals surface area contributed by atoms with Crippen LogP contribution in [0, 0.1) is 0 Å². The quantitative estimate of drug-likeness (QED) is 0.263. The Morgan fingerprint density at radius 1 is 0.946 bits per heavy atom. The van der Waals surface area contributed by atoms with Crippen LogP contribution in [0.2, 0.25) is 0 Å². The van der Waals surface area contributed by atoms with Crippen molar-refractivity contribution in [2.45, 2.75) is 10.1 Å². The Morgan fingerprint density at radius 2 is 1.70 bits per heavy atom. The smallest absolute Gasteiger partial charge is 0.252 e. The van der Waals surface area contributed by atoms with Gasteiger partial charge in [0.05, 0.1) is 33.0 Å². The molecule has 11 heteroatoms. The predicted molar refractivity (Wildman–Crippen MR) is 141 cm³/mol.